The van der Waals surface area contributed by atoms with E-state index >= 15 is 0 Å². The van der Waals surface area contributed by atoms with E-state index in [0.29, 0.717) is 6.04 Å². The molecule has 0 aromatic heterocycles. The number of rotatable bonds is 3. The number of nitrogens with zero attached hydrogens (tertiary/aromatic N) is 1. The van der Waals surface area contributed by atoms with Gasteiger partial charge < -0.3 is 0 Å². The molecule has 0 bridgehead atoms. The largest absolute Gasteiger partial charge is 0.295 e. The molecule has 1 unspecified atom stereocenters. The molecule has 1 saturated heterocycles. The average molecular weight is 221 g/mol. The lowest BCUT2D eigenvalue weighted by molar-refractivity contribution is -0.0720. The first kappa shape index (κ1) is 14.8. The first-order chi connectivity index (χ1) is 6.93. The second kappa shape index (κ2) is 6.41. The van der Waals surface area contributed by atoms with Crippen LogP contribution in [-0.4, -0.2) is 30.0 Å². The fourth-order valence-electron chi connectivity index (χ4n) is 1.68. The summed E-state index contributed by atoms with van der Waals surface area (Å²) in [6.07, 6.45) is 2.13. The minimum absolute atomic E-state index is 0.0637. The summed E-state index contributed by atoms with van der Waals surface area (Å²) in [5.74, 6) is -3.08. The SMILES string of the molecule is CC.CC1CCCN1CC(F)(F)C(C)C. The van der Waals surface area contributed by atoms with Crippen LogP contribution in [0.25, 0.3) is 0 Å². The summed E-state index contributed by atoms with van der Waals surface area (Å²) in [7, 11) is 0. The van der Waals surface area contributed by atoms with Crippen LogP contribution in [0.15, 0.2) is 0 Å². The average Bonchev–Trinajstić information content (AvgIpc) is 2.54. The zero-order valence-electron chi connectivity index (χ0n) is 10.7. The predicted molar refractivity (Wildman–Crippen MR) is 61.4 cm³/mol. The predicted octanol–water partition coefficient (Wildman–Crippen LogP) is 3.79. The van der Waals surface area contributed by atoms with E-state index < -0.39 is 11.8 Å². The molecule has 0 aromatic carbocycles. The van der Waals surface area contributed by atoms with Gasteiger partial charge in [-0.25, -0.2) is 8.78 Å². The van der Waals surface area contributed by atoms with Crippen LogP contribution in [-0.2, 0) is 0 Å². The van der Waals surface area contributed by atoms with Crippen LogP contribution in [0.4, 0.5) is 8.78 Å². The van der Waals surface area contributed by atoms with Crippen molar-refractivity contribution in [2.24, 2.45) is 5.92 Å². The van der Waals surface area contributed by atoms with E-state index in [9.17, 15) is 8.78 Å². The Hall–Kier alpha value is -0.180. The molecule has 0 spiro atoms. The van der Waals surface area contributed by atoms with Crippen molar-refractivity contribution in [1.29, 1.82) is 0 Å². The lowest BCUT2D eigenvalue weighted by Crippen LogP contribution is -2.41. The fraction of sp³-hybridized carbons (Fsp3) is 1.00. The first-order valence-corrected chi connectivity index (χ1v) is 6.05. The maximum absolute atomic E-state index is 13.3. The van der Waals surface area contributed by atoms with Gasteiger partial charge in [0, 0.05) is 12.0 Å². The van der Waals surface area contributed by atoms with E-state index in [1.165, 1.54) is 0 Å². The van der Waals surface area contributed by atoms with Crippen LogP contribution in [0.2, 0.25) is 0 Å². The first-order valence-electron chi connectivity index (χ1n) is 6.05. The molecule has 1 nitrogen and oxygen atoms in total. The minimum Gasteiger partial charge on any atom is -0.295 e. The van der Waals surface area contributed by atoms with Gasteiger partial charge in [0.15, 0.2) is 0 Å². The molecular formula is C12H25F2N. The van der Waals surface area contributed by atoms with Crippen LogP contribution >= 0.6 is 0 Å². The van der Waals surface area contributed by atoms with Gasteiger partial charge in [-0.2, -0.15) is 0 Å². The Morgan fingerprint density at radius 1 is 1.33 bits per heavy atom. The highest BCUT2D eigenvalue weighted by Gasteiger charge is 2.37. The molecule has 0 amide bonds. The molecule has 0 aromatic rings. The van der Waals surface area contributed by atoms with Crippen molar-refractivity contribution in [3.05, 3.63) is 0 Å². The van der Waals surface area contributed by atoms with E-state index in [0.717, 1.165) is 19.4 Å². The van der Waals surface area contributed by atoms with E-state index in [2.05, 4.69) is 0 Å². The monoisotopic (exact) mass is 221 g/mol. The van der Waals surface area contributed by atoms with Crippen molar-refractivity contribution in [2.45, 2.75) is 59.4 Å². The van der Waals surface area contributed by atoms with Gasteiger partial charge in [0.25, 0.3) is 5.92 Å². The Labute approximate surface area is 92.8 Å². The normalized spacial score (nSPS) is 22.8. The molecule has 15 heavy (non-hydrogen) atoms. The third kappa shape index (κ3) is 4.45. The molecule has 0 radical (unpaired) electrons. The smallest absolute Gasteiger partial charge is 0.262 e. The van der Waals surface area contributed by atoms with Gasteiger partial charge in [-0.15, -0.1) is 0 Å². The lowest BCUT2D eigenvalue weighted by atomic mass is 10.1. The Balaban J connectivity index is 0.000000921. The Bertz CT molecular complexity index is 169. The topological polar surface area (TPSA) is 3.24 Å². The molecule has 0 N–H and O–H groups in total. The standard InChI is InChI=1S/C10H19F2N.C2H6/c1-8(2)10(11,12)7-13-6-4-5-9(13)3;1-2/h8-9H,4-7H2,1-3H3;1-2H3. The van der Waals surface area contributed by atoms with Crippen LogP contribution in [0, 0.1) is 5.92 Å². The van der Waals surface area contributed by atoms with Crippen LogP contribution in [0.1, 0.15) is 47.5 Å². The molecule has 1 atom stereocenters. The van der Waals surface area contributed by atoms with Crippen LogP contribution in [0.3, 0.4) is 0 Å². The summed E-state index contributed by atoms with van der Waals surface area (Å²) in [4.78, 5) is 1.90. The summed E-state index contributed by atoms with van der Waals surface area (Å²) in [6.45, 7) is 9.97. The summed E-state index contributed by atoms with van der Waals surface area (Å²) in [5.41, 5.74) is 0. The van der Waals surface area contributed by atoms with Crippen LogP contribution < -0.4 is 0 Å². The Morgan fingerprint density at radius 2 is 1.87 bits per heavy atom. The lowest BCUT2D eigenvalue weighted by Gasteiger charge is -2.28. The molecule has 92 valence electrons. The molecule has 1 fully saturated rings. The number of hydrogen-bond donors (Lipinski definition) is 0. The summed E-state index contributed by atoms with van der Waals surface area (Å²) < 4.78 is 26.7. The van der Waals surface area contributed by atoms with Gasteiger partial charge in [-0.05, 0) is 26.3 Å². The highest BCUT2D eigenvalue weighted by molar-refractivity contribution is 4.82. The summed E-state index contributed by atoms with van der Waals surface area (Å²) in [6, 6.07) is 0.338. The number of likely N-dealkylation sites (tertiary alicyclic amines) is 1. The fourth-order valence-corrected chi connectivity index (χ4v) is 1.68. The van der Waals surface area contributed by atoms with Gasteiger partial charge >= 0.3 is 0 Å². The van der Waals surface area contributed by atoms with Crippen molar-refractivity contribution in [3.63, 3.8) is 0 Å². The minimum atomic E-state index is -2.53. The molecule has 1 rings (SSSR count). The Kier molecular flexibility index (Phi) is 6.34. The molecule has 1 aliphatic heterocycles. The maximum Gasteiger partial charge on any atom is 0.262 e. The van der Waals surface area contributed by atoms with Crippen molar-refractivity contribution in [2.75, 3.05) is 13.1 Å². The molecule has 0 saturated carbocycles. The van der Waals surface area contributed by atoms with Gasteiger partial charge in [0.2, 0.25) is 0 Å². The highest BCUT2D eigenvalue weighted by Crippen LogP contribution is 2.28. The zero-order valence-corrected chi connectivity index (χ0v) is 10.7. The van der Waals surface area contributed by atoms with Gasteiger partial charge in [0.05, 0.1) is 6.54 Å². The number of hydrogen-bond acceptors (Lipinski definition) is 1. The number of alkyl halides is 2. The molecule has 1 heterocycles. The second-order valence-electron chi connectivity index (χ2n) is 4.38. The molecule has 3 heteroatoms. The summed E-state index contributed by atoms with van der Waals surface area (Å²) in [5, 5.41) is 0. The third-order valence-electron chi connectivity index (χ3n) is 2.95. The second-order valence-corrected chi connectivity index (χ2v) is 4.38. The van der Waals surface area contributed by atoms with Gasteiger partial charge in [0.1, 0.15) is 0 Å². The van der Waals surface area contributed by atoms with Crippen molar-refractivity contribution in [1.82, 2.24) is 4.90 Å². The molecular weight excluding hydrogens is 196 g/mol. The van der Waals surface area contributed by atoms with Crippen LogP contribution in [0.5, 0.6) is 0 Å². The summed E-state index contributed by atoms with van der Waals surface area (Å²) >= 11 is 0. The van der Waals surface area contributed by atoms with E-state index in [4.69, 9.17) is 0 Å². The van der Waals surface area contributed by atoms with Gasteiger partial charge in [-0.1, -0.05) is 27.7 Å². The quantitative estimate of drug-likeness (QED) is 0.701. The third-order valence-corrected chi connectivity index (χ3v) is 2.95. The van der Waals surface area contributed by atoms with Gasteiger partial charge in [-0.3, -0.25) is 4.90 Å². The highest BCUT2D eigenvalue weighted by atomic mass is 19.3. The number of halogens is 2. The maximum atomic E-state index is 13.3. The van der Waals surface area contributed by atoms with Crippen molar-refractivity contribution < 1.29 is 8.78 Å². The Morgan fingerprint density at radius 3 is 2.20 bits per heavy atom. The molecule has 0 aliphatic carbocycles. The zero-order chi connectivity index (χ0) is 12.1. The van der Waals surface area contributed by atoms with Crippen molar-refractivity contribution >= 4 is 0 Å². The van der Waals surface area contributed by atoms with E-state index in [1.807, 2.05) is 25.7 Å². The molecule has 1 aliphatic rings. The van der Waals surface area contributed by atoms with E-state index in [-0.39, 0.29) is 6.54 Å². The van der Waals surface area contributed by atoms with E-state index in [1.54, 1.807) is 13.8 Å². The van der Waals surface area contributed by atoms with Crippen molar-refractivity contribution in [3.8, 4) is 0 Å².